The fraction of sp³-hybridized carbons (Fsp3) is 0.250. The summed E-state index contributed by atoms with van der Waals surface area (Å²) in [6, 6.07) is 1.53. The second kappa shape index (κ2) is 4.53. The second-order valence-electron chi connectivity index (χ2n) is 2.81. The van der Waals surface area contributed by atoms with Gasteiger partial charge in [-0.15, -0.1) is 0 Å². The summed E-state index contributed by atoms with van der Waals surface area (Å²) in [5.74, 6) is -1.57. The van der Waals surface area contributed by atoms with E-state index in [-0.39, 0.29) is 5.69 Å². The first-order chi connectivity index (χ1) is 7.23. The van der Waals surface area contributed by atoms with Crippen LogP contribution < -0.4 is 0 Å². The van der Waals surface area contributed by atoms with E-state index >= 15 is 0 Å². The van der Waals surface area contributed by atoms with Gasteiger partial charge in [0.1, 0.15) is 3.70 Å². The number of halogens is 4. The Morgan fingerprint density at radius 2 is 2.00 bits per heavy atom. The van der Waals surface area contributed by atoms with Gasteiger partial charge < -0.3 is 10.2 Å². The SMILES string of the molecule is O=C(O)C(O)c1ccc(C(F)(F)F)c(I)n1. The lowest BCUT2D eigenvalue weighted by Gasteiger charge is -2.10. The molecule has 2 N–H and O–H groups in total. The van der Waals surface area contributed by atoms with Crippen LogP contribution in [0.3, 0.4) is 0 Å². The first kappa shape index (κ1) is 13.2. The molecule has 1 aromatic heterocycles. The third kappa shape index (κ3) is 2.82. The van der Waals surface area contributed by atoms with Crippen LogP contribution in [0, 0.1) is 3.70 Å². The van der Waals surface area contributed by atoms with E-state index in [2.05, 4.69) is 4.98 Å². The minimum absolute atomic E-state index is 0.329. The molecule has 88 valence electrons. The molecule has 0 saturated heterocycles. The van der Waals surface area contributed by atoms with Crippen LogP contribution in [0.1, 0.15) is 17.4 Å². The topological polar surface area (TPSA) is 70.4 Å². The number of alkyl halides is 3. The van der Waals surface area contributed by atoms with E-state index in [1.165, 1.54) is 22.6 Å². The average molecular weight is 347 g/mol. The molecule has 0 aromatic carbocycles. The normalized spacial score (nSPS) is 13.6. The van der Waals surface area contributed by atoms with Crippen molar-refractivity contribution in [3.8, 4) is 0 Å². The van der Waals surface area contributed by atoms with Gasteiger partial charge in [0.2, 0.25) is 0 Å². The van der Waals surface area contributed by atoms with Crippen LogP contribution in [0.2, 0.25) is 0 Å². The third-order valence-electron chi connectivity index (χ3n) is 1.69. The number of nitrogens with zero attached hydrogens (tertiary/aromatic N) is 1. The number of hydrogen-bond acceptors (Lipinski definition) is 3. The van der Waals surface area contributed by atoms with Crippen LogP contribution in [0.4, 0.5) is 13.2 Å². The van der Waals surface area contributed by atoms with Gasteiger partial charge in [0.05, 0.1) is 11.3 Å². The molecule has 0 saturated carbocycles. The highest BCUT2D eigenvalue weighted by molar-refractivity contribution is 14.1. The Labute approximate surface area is 101 Å². The third-order valence-corrected chi connectivity index (χ3v) is 2.51. The Bertz CT molecular complexity index is 421. The van der Waals surface area contributed by atoms with Crippen molar-refractivity contribution in [3.63, 3.8) is 0 Å². The Kier molecular flexibility index (Phi) is 3.73. The molecule has 8 heteroatoms. The molecule has 0 aliphatic carbocycles. The van der Waals surface area contributed by atoms with E-state index < -0.39 is 27.5 Å². The van der Waals surface area contributed by atoms with Crippen molar-refractivity contribution < 1.29 is 28.2 Å². The molecular formula is C8H5F3INO3. The summed E-state index contributed by atoms with van der Waals surface area (Å²) in [6.07, 6.45) is -6.47. The molecule has 0 amide bonds. The number of aromatic nitrogens is 1. The van der Waals surface area contributed by atoms with E-state index in [0.717, 1.165) is 6.07 Å². The van der Waals surface area contributed by atoms with Crippen LogP contribution in [0.5, 0.6) is 0 Å². The average Bonchev–Trinajstić information content (AvgIpc) is 2.14. The van der Waals surface area contributed by atoms with Gasteiger partial charge in [0.15, 0.2) is 6.10 Å². The van der Waals surface area contributed by atoms with Crippen molar-refractivity contribution in [2.24, 2.45) is 0 Å². The molecule has 1 unspecified atom stereocenters. The molecule has 1 atom stereocenters. The number of aliphatic hydroxyl groups is 1. The number of aliphatic carboxylic acids is 1. The highest BCUT2D eigenvalue weighted by atomic mass is 127. The Balaban J connectivity index is 3.14. The van der Waals surface area contributed by atoms with Crippen molar-refractivity contribution in [1.29, 1.82) is 0 Å². The van der Waals surface area contributed by atoms with E-state index in [1.807, 2.05) is 0 Å². The predicted octanol–water partition coefficient (Wildman–Crippen LogP) is 1.82. The quantitative estimate of drug-likeness (QED) is 0.633. The van der Waals surface area contributed by atoms with E-state index in [0.29, 0.717) is 6.07 Å². The lowest BCUT2D eigenvalue weighted by Crippen LogP contribution is -2.15. The Morgan fingerprint density at radius 3 is 2.38 bits per heavy atom. The van der Waals surface area contributed by atoms with Crippen LogP contribution in [-0.2, 0) is 11.0 Å². The van der Waals surface area contributed by atoms with Gasteiger partial charge in [-0.3, -0.25) is 0 Å². The summed E-state index contributed by atoms with van der Waals surface area (Å²) in [7, 11) is 0. The van der Waals surface area contributed by atoms with Crippen LogP contribution in [0.15, 0.2) is 12.1 Å². The van der Waals surface area contributed by atoms with E-state index in [1.54, 1.807) is 0 Å². The number of hydrogen-bond donors (Lipinski definition) is 2. The summed E-state index contributed by atoms with van der Waals surface area (Å²) in [4.78, 5) is 13.8. The predicted molar refractivity (Wildman–Crippen MR) is 54.6 cm³/mol. The monoisotopic (exact) mass is 347 g/mol. The molecule has 0 fully saturated rings. The van der Waals surface area contributed by atoms with E-state index in [9.17, 15) is 18.0 Å². The van der Waals surface area contributed by atoms with Crippen LogP contribution in [-0.4, -0.2) is 21.2 Å². The maximum Gasteiger partial charge on any atom is 0.418 e. The number of pyridine rings is 1. The van der Waals surface area contributed by atoms with E-state index in [4.69, 9.17) is 10.2 Å². The van der Waals surface area contributed by atoms with Crippen molar-refractivity contribution >= 4 is 28.6 Å². The molecular weight excluding hydrogens is 342 g/mol. The van der Waals surface area contributed by atoms with Crippen LogP contribution in [0.25, 0.3) is 0 Å². The Morgan fingerprint density at radius 1 is 1.44 bits per heavy atom. The smallest absolute Gasteiger partial charge is 0.418 e. The summed E-state index contributed by atoms with van der Waals surface area (Å²) >= 11 is 1.33. The Hall–Kier alpha value is -0.900. The van der Waals surface area contributed by atoms with Crippen molar-refractivity contribution in [2.45, 2.75) is 12.3 Å². The lowest BCUT2D eigenvalue weighted by atomic mass is 10.2. The van der Waals surface area contributed by atoms with Gasteiger partial charge in [0, 0.05) is 0 Å². The number of rotatable bonds is 2. The summed E-state index contributed by atoms with van der Waals surface area (Å²) in [5, 5.41) is 17.5. The first-order valence-electron chi connectivity index (χ1n) is 3.88. The van der Waals surface area contributed by atoms with Gasteiger partial charge in [-0.05, 0) is 34.7 Å². The first-order valence-corrected chi connectivity index (χ1v) is 4.96. The second-order valence-corrected chi connectivity index (χ2v) is 3.83. The van der Waals surface area contributed by atoms with Crippen molar-refractivity contribution in [3.05, 3.63) is 27.1 Å². The fourth-order valence-corrected chi connectivity index (χ4v) is 1.70. The molecule has 0 spiro atoms. The van der Waals surface area contributed by atoms with Crippen LogP contribution >= 0.6 is 22.6 Å². The molecule has 0 bridgehead atoms. The van der Waals surface area contributed by atoms with Crippen molar-refractivity contribution in [1.82, 2.24) is 4.98 Å². The maximum atomic E-state index is 12.3. The van der Waals surface area contributed by atoms with Gasteiger partial charge >= 0.3 is 12.1 Å². The molecule has 0 aliphatic heterocycles. The van der Waals surface area contributed by atoms with Gasteiger partial charge in [0.25, 0.3) is 0 Å². The maximum absolute atomic E-state index is 12.3. The fourth-order valence-electron chi connectivity index (χ4n) is 0.939. The molecule has 1 aromatic rings. The highest BCUT2D eigenvalue weighted by Gasteiger charge is 2.34. The number of carboxylic acid groups (broad SMARTS) is 1. The zero-order chi connectivity index (χ0) is 12.5. The highest BCUT2D eigenvalue weighted by Crippen LogP contribution is 2.32. The van der Waals surface area contributed by atoms with Gasteiger partial charge in [-0.2, -0.15) is 13.2 Å². The largest absolute Gasteiger partial charge is 0.479 e. The standard InChI is InChI=1S/C8H5F3INO3/c9-8(10,11)3-1-2-4(13-6(3)12)5(14)7(15)16/h1-2,5,14H,(H,15,16). The molecule has 0 radical (unpaired) electrons. The molecule has 4 nitrogen and oxygen atoms in total. The van der Waals surface area contributed by atoms with Crippen molar-refractivity contribution in [2.75, 3.05) is 0 Å². The summed E-state index contributed by atoms with van der Waals surface area (Å²) < 4.78 is 36.5. The number of carboxylic acids is 1. The zero-order valence-electron chi connectivity index (χ0n) is 7.49. The molecule has 1 rings (SSSR count). The number of carbonyl (C=O) groups is 1. The number of aliphatic hydroxyl groups excluding tert-OH is 1. The minimum Gasteiger partial charge on any atom is -0.479 e. The molecule has 1 heterocycles. The summed E-state index contributed by atoms with van der Waals surface area (Å²) in [5.41, 5.74) is -1.29. The molecule has 0 aliphatic rings. The minimum atomic E-state index is -4.55. The zero-order valence-corrected chi connectivity index (χ0v) is 9.65. The van der Waals surface area contributed by atoms with Gasteiger partial charge in [-0.25, -0.2) is 9.78 Å². The lowest BCUT2D eigenvalue weighted by molar-refractivity contribution is -0.147. The summed E-state index contributed by atoms with van der Waals surface area (Å²) in [6.45, 7) is 0. The van der Waals surface area contributed by atoms with Gasteiger partial charge in [-0.1, -0.05) is 0 Å². The molecule has 16 heavy (non-hydrogen) atoms.